The number of piperidine rings is 1. The van der Waals surface area contributed by atoms with E-state index in [1.165, 1.54) is 0 Å². The second kappa shape index (κ2) is 5.64. The van der Waals surface area contributed by atoms with Gasteiger partial charge in [-0.1, -0.05) is 0 Å². The lowest BCUT2D eigenvalue weighted by Crippen LogP contribution is -2.36. The summed E-state index contributed by atoms with van der Waals surface area (Å²) in [5.41, 5.74) is 0.264. The van der Waals surface area contributed by atoms with E-state index in [4.69, 9.17) is 0 Å². The van der Waals surface area contributed by atoms with E-state index in [0.29, 0.717) is 5.82 Å². The number of anilines is 1. The monoisotopic (exact) mass is 313 g/mol. The molecule has 1 unspecified atom stereocenters. The lowest BCUT2D eigenvalue weighted by Gasteiger charge is -2.33. The molecule has 2 aromatic heterocycles. The maximum absolute atomic E-state index is 11.4. The van der Waals surface area contributed by atoms with Crippen LogP contribution in [-0.2, 0) is 13.0 Å². The highest BCUT2D eigenvalue weighted by molar-refractivity contribution is 5.93. The van der Waals surface area contributed by atoms with Gasteiger partial charge in [0.05, 0.1) is 0 Å². The van der Waals surface area contributed by atoms with Crippen molar-refractivity contribution in [2.45, 2.75) is 38.1 Å². The van der Waals surface area contributed by atoms with Crippen molar-refractivity contribution in [3.8, 4) is 0 Å². The van der Waals surface area contributed by atoms with Gasteiger partial charge in [0.2, 0.25) is 0 Å². The fourth-order valence-corrected chi connectivity index (χ4v) is 3.67. The summed E-state index contributed by atoms with van der Waals surface area (Å²) in [4.78, 5) is 17.8. The molecule has 1 fully saturated rings. The Morgan fingerprint density at radius 1 is 1.26 bits per heavy atom. The number of aromatic carboxylic acids is 1. The van der Waals surface area contributed by atoms with Crippen LogP contribution in [0.2, 0.25) is 0 Å². The molecule has 0 aromatic carbocycles. The highest BCUT2D eigenvalue weighted by Crippen LogP contribution is 2.31. The summed E-state index contributed by atoms with van der Waals surface area (Å²) in [5.74, 6) is 2.05. The Balaban J connectivity index is 1.61. The van der Waals surface area contributed by atoms with E-state index in [-0.39, 0.29) is 11.5 Å². The minimum Gasteiger partial charge on any atom is -0.478 e. The first-order valence-electron chi connectivity index (χ1n) is 8.09. The van der Waals surface area contributed by atoms with Crippen LogP contribution in [0.5, 0.6) is 0 Å². The fourth-order valence-electron chi connectivity index (χ4n) is 3.67. The number of hydrogen-bond acceptors (Lipinski definition) is 5. The molecule has 4 heterocycles. The fraction of sp³-hybridized carbons (Fsp3) is 0.500. The zero-order valence-electron chi connectivity index (χ0n) is 12.9. The summed E-state index contributed by atoms with van der Waals surface area (Å²) in [5, 5.41) is 18.1. The quantitative estimate of drug-likeness (QED) is 0.928. The van der Waals surface area contributed by atoms with Gasteiger partial charge in [-0.3, -0.25) is 0 Å². The van der Waals surface area contributed by atoms with Crippen LogP contribution in [0.3, 0.4) is 0 Å². The Morgan fingerprint density at radius 2 is 2.17 bits per heavy atom. The number of rotatable bonds is 3. The molecule has 1 saturated heterocycles. The highest BCUT2D eigenvalue weighted by Gasteiger charge is 2.30. The number of aromatic nitrogens is 4. The molecule has 7 nitrogen and oxygen atoms in total. The molecule has 7 heteroatoms. The lowest BCUT2D eigenvalue weighted by molar-refractivity contribution is 0.0697. The van der Waals surface area contributed by atoms with Crippen LogP contribution in [0.15, 0.2) is 18.3 Å². The predicted molar refractivity (Wildman–Crippen MR) is 83.7 cm³/mol. The van der Waals surface area contributed by atoms with Gasteiger partial charge >= 0.3 is 5.97 Å². The SMILES string of the molecule is O=C(O)c1cccnc1N1CCCC(c2nnc3n2CCC3)C1. The average Bonchev–Trinajstić information content (AvgIpc) is 3.18. The van der Waals surface area contributed by atoms with Crippen LogP contribution in [-0.4, -0.2) is 43.9 Å². The summed E-state index contributed by atoms with van der Waals surface area (Å²) in [6, 6.07) is 3.28. The molecule has 0 aliphatic carbocycles. The molecular formula is C16H19N5O2. The third-order valence-electron chi connectivity index (χ3n) is 4.74. The van der Waals surface area contributed by atoms with Gasteiger partial charge in [0.15, 0.2) is 0 Å². The van der Waals surface area contributed by atoms with E-state index in [1.807, 2.05) is 0 Å². The molecule has 2 aliphatic heterocycles. The summed E-state index contributed by atoms with van der Waals surface area (Å²) >= 11 is 0. The van der Waals surface area contributed by atoms with Gasteiger partial charge in [0.1, 0.15) is 23.0 Å². The topological polar surface area (TPSA) is 84.1 Å². The van der Waals surface area contributed by atoms with Gasteiger partial charge in [-0.15, -0.1) is 10.2 Å². The Labute approximate surface area is 134 Å². The lowest BCUT2D eigenvalue weighted by atomic mass is 9.96. The molecule has 0 spiro atoms. The summed E-state index contributed by atoms with van der Waals surface area (Å²) in [6.07, 6.45) is 5.86. The third-order valence-corrected chi connectivity index (χ3v) is 4.74. The number of nitrogens with zero attached hydrogens (tertiary/aromatic N) is 5. The summed E-state index contributed by atoms with van der Waals surface area (Å²) < 4.78 is 2.24. The molecular weight excluding hydrogens is 294 g/mol. The molecule has 0 amide bonds. The van der Waals surface area contributed by atoms with Crippen molar-refractivity contribution in [2.24, 2.45) is 0 Å². The first kappa shape index (κ1) is 14.2. The van der Waals surface area contributed by atoms with E-state index < -0.39 is 5.97 Å². The first-order chi connectivity index (χ1) is 11.2. The van der Waals surface area contributed by atoms with Gasteiger partial charge in [-0.05, 0) is 31.4 Å². The Kier molecular flexibility index (Phi) is 3.48. The van der Waals surface area contributed by atoms with E-state index in [1.54, 1.807) is 18.3 Å². The summed E-state index contributed by atoms with van der Waals surface area (Å²) in [7, 11) is 0. The van der Waals surface area contributed by atoms with Crippen molar-refractivity contribution in [1.29, 1.82) is 0 Å². The first-order valence-corrected chi connectivity index (χ1v) is 8.09. The van der Waals surface area contributed by atoms with E-state index in [0.717, 1.165) is 57.0 Å². The maximum atomic E-state index is 11.4. The molecule has 4 rings (SSSR count). The molecule has 1 atom stereocenters. The van der Waals surface area contributed by atoms with Crippen LogP contribution in [0.25, 0.3) is 0 Å². The van der Waals surface area contributed by atoms with Crippen LogP contribution >= 0.6 is 0 Å². The molecule has 1 N–H and O–H groups in total. The number of hydrogen-bond donors (Lipinski definition) is 1. The molecule has 2 aliphatic rings. The van der Waals surface area contributed by atoms with Crippen molar-refractivity contribution in [1.82, 2.24) is 19.7 Å². The van der Waals surface area contributed by atoms with Crippen molar-refractivity contribution < 1.29 is 9.90 Å². The van der Waals surface area contributed by atoms with Gasteiger partial charge in [0, 0.05) is 38.2 Å². The molecule has 2 aromatic rings. The standard InChI is InChI=1S/C16H19N5O2/c22-16(23)12-5-1-7-17-15(12)20-8-2-4-11(10-20)14-19-18-13-6-3-9-21(13)14/h1,5,7,11H,2-4,6,8-10H2,(H,22,23). The van der Waals surface area contributed by atoms with Crippen molar-refractivity contribution in [3.63, 3.8) is 0 Å². The maximum Gasteiger partial charge on any atom is 0.339 e. The molecule has 120 valence electrons. The predicted octanol–water partition coefficient (Wildman–Crippen LogP) is 1.70. The van der Waals surface area contributed by atoms with Gasteiger partial charge in [0.25, 0.3) is 0 Å². The van der Waals surface area contributed by atoms with Crippen LogP contribution in [0.1, 0.15) is 47.2 Å². The van der Waals surface area contributed by atoms with Gasteiger partial charge in [-0.2, -0.15) is 0 Å². The molecule has 23 heavy (non-hydrogen) atoms. The molecule has 0 bridgehead atoms. The number of carboxylic acids is 1. The minimum absolute atomic E-state index is 0.264. The number of fused-ring (bicyclic) bond motifs is 1. The average molecular weight is 313 g/mol. The largest absolute Gasteiger partial charge is 0.478 e. The molecule has 0 radical (unpaired) electrons. The Bertz CT molecular complexity index is 742. The summed E-state index contributed by atoms with van der Waals surface area (Å²) in [6.45, 7) is 2.57. The van der Waals surface area contributed by atoms with Crippen LogP contribution in [0.4, 0.5) is 5.82 Å². The normalized spacial score (nSPS) is 20.5. The van der Waals surface area contributed by atoms with Crippen LogP contribution in [0, 0.1) is 0 Å². The second-order valence-corrected chi connectivity index (χ2v) is 6.19. The molecule has 0 saturated carbocycles. The van der Waals surface area contributed by atoms with E-state index >= 15 is 0 Å². The zero-order chi connectivity index (χ0) is 15.8. The zero-order valence-corrected chi connectivity index (χ0v) is 12.9. The highest BCUT2D eigenvalue weighted by atomic mass is 16.4. The number of aryl methyl sites for hydroxylation is 1. The van der Waals surface area contributed by atoms with Crippen LogP contribution < -0.4 is 4.90 Å². The van der Waals surface area contributed by atoms with Gasteiger partial charge < -0.3 is 14.6 Å². The van der Waals surface area contributed by atoms with Crippen molar-refractivity contribution in [2.75, 3.05) is 18.0 Å². The Hall–Kier alpha value is -2.44. The number of pyridine rings is 1. The Morgan fingerprint density at radius 3 is 3.04 bits per heavy atom. The van der Waals surface area contributed by atoms with Gasteiger partial charge in [-0.25, -0.2) is 9.78 Å². The number of carboxylic acid groups (broad SMARTS) is 1. The van der Waals surface area contributed by atoms with E-state index in [2.05, 4.69) is 24.6 Å². The van der Waals surface area contributed by atoms with Crippen molar-refractivity contribution >= 4 is 11.8 Å². The minimum atomic E-state index is -0.932. The second-order valence-electron chi connectivity index (χ2n) is 6.19. The van der Waals surface area contributed by atoms with Crippen molar-refractivity contribution in [3.05, 3.63) is 35.5 Å². The van der Waals surface area contributed by atoms with E-state index in [9.17, 15) is 9.90 Å². The third kappa shape index (κ3) is 2.46. The smallest absolute Gasteiger partial charge is 0.339 e. The number of carbonyl (C=O) groups is 1.